The molecule has 0 spiro atoms. The Balaban J connectivity index is 2.62. The molecule has 0 aromatic heterocycles. The van der Waals surface area contributed by atoms with Gasteiger partial charge in [-0.1, -0.05) is 41.5 Å². The standard InChI is InChI=1S/C32H59NO9/c1-14-23-32(9,37)27(35)19(4)24(34)17(2)16-31(7,8)28(20(5)25(38-12)21(6)29(36)41-23)42-30-26(39-13)22(33(10)11)15-18(3)40-30/h17-23,25-28,30,35,37H,14-16H2,1-13H3/t17?,18-,19?,20?,21?,22?,23-,25?,26?,27?,28?,30?,32?/m1/s1. The van der Waals surface area contributed by atoms with E-state index in [1.54, 1.807) is 35.0 Å². The number of cyclic esters (lactones) is 1. The number of likely N-dealkylation sites (N-methyl/N-ethyl adjacent to an activating group) is 1. The van der Waals surface area contributed by atoms with Crippen LogP contribution in [0, 0.1) is 29.1 Å². The molecule has 2 heterocycles. The van der Waals surface area contributed by atoms with Crippen LogP contribution in [0.15, 0.2) is 0 Å². The maximum atomic E-state index is 13.7. The molecule has 10 nitrogen and oxygen atoms in total. The predicted octanol–water partition coefficient (Wildman–Crippen LogP) is 3.44. The van der Waals surface area contributed by atoms with Crippen LogP contribution in [-0.4, -0.2) is 110 Å². The number of rotatable bonds is 6. The van der Waals surface area contributed by atoms with E-state index in [9.17, 15) is 19.8 Å². The summed E-state index contributed by atoms with van der Waals surface area (Å²) in [6.07, 6.45) is -3.23. The fourth-order valence-corrected chi connectivity index (χ4v) is 7.42. The summed E-state index contributed by atoms with van der Waals surface area (Å²) in [6, 6.07) is 0.0643. The van der Waals surface area contributed by atoms with Crippen molar-refractivity contribution in [3.63, 3.8) is 0 Å². The summed E-state index contributed by atoms with van der Waals surface area (Å²) >= 11 is 0. The summed E-state index contributed by atoms with van der Waals surface area (Å²) < 4.78 is 30.9. The SMILES string of the molecule is CC[C@H]1OC(=O)C(C)C(OC)C(C)C(OC2O[C@H](C)CC(N(C)C)C2OC)C(C)(C)CC(C)C(=O)C(C)C(O)C1(C)O. The number of nitrogens with zero attached hydrogens (tertiary/aromatic N) is 1. The summed E-state index contributed by atoms with van der Waals surface area (Å²) in [6.45, 7) is 16.5. The maximum Gasteiger partial charge on any atom is 0.311 e. The molecule has 246 valence electrons. The van der Waals surface area contributed by atoms with E-state index in [4.69, 9.17) is 23.7 Å². The molecule has 0 aromatic rings. The highest BCUT2D eigenvalue weighted by molar-refractivity contribution is 5.83. The van der Waals surface area contributed by atoms with E-state index in [-0.39, 0.29) is 36.4 Å². The lowest BCUT2D eigenvalue weighted by atomic mass is 9.69. The third-order valence-corrected chi connectivity index (χ3v) is 9.83. The molecule has 0 aliphatic carbocycles. The Labute approximate surface area is 253 Å². The lowest BCUT2D eigenvalue weighted by Gasteiger charge is -2.48. The normalized spacial score (nSPS) is 44.5. The second-order valence-corrected chi connectivity index (χ2v) is 14.0. The third kappa shape index (κ3) is 7.92. The molecule has 13 atom stereocenters. The summed E-state index contributed by atoms with van der Waals surface area (Å²) in [4.78, 5) is 29.3. The van der Waals surface area contributed by atoms with Crippen molar-refractivity contribution >= 4 is 11.8 Å². The van der Waals surface area contributed by atoms with Crippen LogP contribution in [0.25, 0.3) is 0 Å². The van der Waals surface area contributed by atoms with E-state index in [0.717, 1.165) is 6.42 Å². The largest absolute Gasteiger partial charge is 0.459 e. The van der Waals surface area contributed by atoms with Gasteiger partial charge in [0.1, 0.15) is 23.6 Å². The first-order chi connectivity index (χ1) is 19.3. The molecule has 0 saturated carbocycles. The minimum absolute atomic E-state index is 0.0643. The van der Waals surface area contributed by atoms with Gasteiger partial charge in [-0.15, -0.1) is 0 Å². The van der Waals surface area contributed by atoms with Crippen LogP contribution in [0.3, 0.4) is 0 Å². The lowest BCUT2D eigenvalue weighted by Crippen LogP contribution is -2.58. The van der Waals surface area contributed by atoms with Crippen LogP contribution in [0.4, 0.5) is 0 Å². The van der Waals surface area contributed by atoms with Crippen LogP contribution in [0.2, 0.25) is 0 Å². The summed E-state index contributed by atoms with van der Waals surface area (Å²) in [5.74, 6) is -3.13. The zero-order valence-electron chi connectivity index (χ0n) is 28.2. The smallest absolute Gasteiger partial charge is 0.311 e. The third-order valence-electron chi connectivity index (χ3n) is 9.83. The van der Waals surface area contributed by atoms with E-state index in [1.807, 2.05) is 48.7 Å². The number of ether oxygens (including phenoxy) is 5. The van der Waals surface area contributed by atoms with Gasteiger partial charge in [-0.05, 0) is 59.5 Å². The van der Waals surface area contributed by atoms with Gasteiger partial charge in [-0.2, -0.15) is 0 Å². The van der Waals surface area contributed by atoms with E-state index >= 15 is 0 Å². The lowest BCUT2D eigenvalue weighted by molar-refractivity contribution is -0.295. The van der Waals surface area contributed by atoms with Crippen molar-refractivity contribution in [3.05, 3.63) is 0 Å². The number of Topliss-reactive ketones (excluding diaryl/α,β-unsaturated/α-hetero) is 1. The Morgan fingerprint density at radius 3 is 2.05 bits per heavy atom. The molecule has 2 rings (SSSR count). The second kappa shape index (κ2) is 14.8. The highest BCUT2D eigenvalue weighted by Crippen LogP contribution is 2.42. The van der Waals surface area contributed by atoms with Crippen molar-refractivity contribution in [3.8, 4) is 0 Å². The molecule has 2 fully saturated rings. The molecule has 2 saturated heterocycles. The van der Waals surface area contributed by atoms with Gasteiger partial charge in [0.25, 0.3) is 0 Å². The van der Waals surface area contributed by atoms with Crippen molar-refractivity contribution in [2.75, 3.05) is 28.3 Å². The average Bonchev–Trinajstić information content (AvgIpc) is 2.91. The van der Waals surface area contributed by atoms with Crippen LogP contribution < -0.4 is 0 Å². The number of aliphatic hydroxyl groups excluding tert-OH is 1. The zero-order chi connectivity index (χ0) is 32.3. The molecule has 2 N–H and O–H groups in total. The molecule has 0 bridgehead atoms. The van der Waals surface area contributed by atoms with Crippen molar-refractivity contribution in [2.24, 2.45) is 29.1 Å². The first-order valence-corrected chi connectivity index (χ1v) is 15.5. The quantitative estimate of drug-likeness (QED) is 0.438. The molecule has 11 unspecified atom stereocenters. The minimum Gasteiger partial charge on any atom is -0.459 e. The van der Waals surface area contributed by atoms with Crippen molar-refractivity contribution < 1.29 is 43.5 Å². The molecule has 0 aromatic carbocycles. The minimum atomic E-state index is -1.83. The molecular formula is C32H59NO9. The summed E-state index contributed by atoms with van der Waals surface area (Å²) in [5, 5.41) is 22.6. The molecular weight excluding hydrogens is 542 g/mol. The number of methoxy groups -OCH3 is 2. The molecule has 42 heavy (non-hydrogen) atoms. The first kappa shape index (κ1) is 37.0. The van der Waals surface area contributed by atoms with Crippen LogP contribution in [0.1, 0.15) is 81.6 Å². The number of hydrogen-bond acceptors (Lipinski definition) is 10. The van der Waals surface area contributed by atoms with Gasteiger partial charge in [0.2, 0.25) is 0 Å². The molecule has 10 heteroatoms. The fourth-order valence-electron chi connectivity index (χ4n) is 7.42. The number of aliphatic hydroxyl groups is 2. The van der Waals surface area contributed by atoms with E-state index in [0.29, 0.717) is 6.42 Å². The average molecular weight is 602 g/mol. The Kier molecular flexibility index (Phi) is 13.0. The van der Waals surface area contributed by atoms with Gasteiger partial charge in [0, 0.05) is 38.0 Å². The molecule has 0 radical (unpaired) electrons. The van der Waals surface area contributed by atoms with Gasteiger partial charge in [0.15, 0.2) is 6.29 Å². The maximum absolute atomic E-state index is 13.7. The van der Waals surface area contributed by atoms with Gasteiger partial charge in [-0.3, -0.25) is 9.59 Å². The zero-order valence-corrected chi connectivity index (χ0v) is 28.2. The van der Waals surface area contributed by atoms with Crippen LogP contribution in [0.5, 0.6) is 0 Å². The van der Waals surface area contributed by atoms with E-state index in [1.165, 1.54) is 6.92 Å². The molecule has 0 amide bonds. The summed E-state index contributed by atoms with van der Waals surface area (Å²) in [7, 11) is 7.24. The highest BCUT2D eigenvalue weighted by atomic mass is 16.7. The number of ketones is 1. The van der Waals surface area contributed by atoms with Crippen molar-refractivity contribution in [1.29, 1.82) is 0 Å². The number of esters is 1. The monoisotopic (exact) mass is 601 g/mol. The highest BCUT2D eigenvalue weighted by Gasteiger charge is 2.51. The van der Waals surface area contributed by atoms with Crippen LogP contribution >= 0.6 is 0 Å². The molecule has 2 aliphatic heterocycles. The van der Waals surface area contributed by atoms with Crippen molar-refractivity contribution in [1.82, 2.24) is 4.90 Å². The summed E-state index contributed by atoms with van der Waals surface area (Å²) in [5.41, 5.74) is -2.43. The topological polar surface area (TPSA) is 124 Å². The number of carbonyl (C=O) groups excluding carboxylic acids is 2. The van der Waals surface area contributed by atoms with Crippen LogP contribution in [-0.2, 0) is 33.3 Å². The second-order valence-electron chi connectivity index (χ2n) is 14.0. The Bertz CT molecular complexity index is 893. The van der Waals surface area contributed by atoms with Gasteiger partial charge in [-0.25, -0.2) is 0 Å². The fraction of sp³-hybridized carbons (Fsp3) is 0.938. The van der Waals surface area contributed by atoms with Gasteiger partial charge < -0.3 is 38.8 Å². The Morgan fingerprint density at radius 1 is 0.976 bits per heavy atom. The van der Waals surface area contributed by atoms with E-state index < -0.39 is 65.4 Å². The number of carbonyl (C=O) groups is 2. The van der Waals surface area contributed by atoms with Gasteiger partial charge >= 0.3 is 5.97 Å². The van der Waals surface area contributed by atoms with E-state index in [2.05, 4.69) is 4.90 Å². The number of hydrogen-bond donors (Lipinski definition) is 2. The molecule has 2 aliphatic rings. The predicted molar refractivity (Wildman–Crippen MR) is 160 cm³/mol. The van der Waals surface area contributed by atoms with Crippen molar-refractivity contribution in [2.45, 2.75) is 136 Å². The Morgan fingerprint density at radius 2 is 1.55 bits per heavy atom. The first-order valence-electron chi connectivity index (χ1n) is 15.5. The Hall–Kier alpha value is -1.14. The van der Waals surface area contributed by atoms with Gasteiger partial charge in [0.05, 0.1) is 30.3 Å².